The summed E-state index contributed by atoms with van der Waals surface area (Å²) in [5.41, 5.74) is 2.06. The Morgan fingerprint density at radius 2 is 2.05 bits per heavy atom. The fourth-order valence-corrected chi connectivity index (χ4v) is 2.71. The van der Waals surface area contributed by atoms with Gasteiger partial charge in [-0.2, -0.15) is 0 Å². The van der Waals surface area contributed by atoms with Crippen molar-refractivity contribution in [3.63, 3.8) is 0 Å². The second-order valence-corrected chi connectivity index (χ2v) is 5.47. The number of para-hydroxylation sites is 1. The predicted octanol–water partition coefficient (Wildman–Crippen LogP) is 2.12. The number of nitrogens with one attached hydrogen (secondary N) is 3. The van der Waals surface area contributed by atoms with Crippen LogP contribution in [-0.2, 0) is 11.3 Å². The van der Waals surface area contributed by atoms with E-state index in [9.17, 15) is 4.79 Å². The summed E-state index contributed by atoms with van der Waals surface area (Å²) >= 11 is 0. The van der Waals surface area contributed by atoms with Crippen LogP contribution in [0.15, 0.2) is 24.3 Å². The van der Waals surface area contributed by atoms with Crippen LogP contribution in [-0.4, -0.2) is 26.0 Å². The molecule has 1 saturated heterocycles. The van der Waals surface area contributed by atoms with Gasteiger partial charge in [0.05, 0.1) is 0 Å². The molecule has 1 amide bonds. The number of piperidine rings is 1. The van der Waals surface area contributed by atoms with Crippen molar-refractivity contribution in [3.05, 3.63) is 29.8 Å². The number of amides is 1. The Hall–Kier alpha value is -1.39. The Morgan fingerprint density at radius 3 is 2.80 bits per heavy atom. The molecule has 110 valence electrons. The SMILES string of the molecule is CNCc1ccccc1NC(=O)CCC1CCNCC1. The zero-order valence-corrected chi connectivity index (χ0v) is 12.2. The quantitative estimate of drug-likeness (QED) is 0.745. The molecule has 1 aliphatic heterocycles. The Balaban J connectivity index is 1.81. The van der Waals surface area contributed by atoms with Crippen LogP contribution in [0.4, 0.5) is 5.69 Å². The average Bonchev–Trinajstić information content (AvgIpc) is 2.49. The molecule has 1 heterocycles. The number of anilines is 1. The summed E-state index contributed by atoms with van der Waals surface area (Å²) in [7, 11) is 1.91. The maximum Gasteiger partial charge on any atom is 0.224 e. The Bertz CT molecular complexity index is 427. The largest absolute Gasteiger partial charge is 0.326 e. The van der Waals surface area contributed by atoms with Crippen LogP contribution < -0.4 is 16.0 Å². The van der Waals surface area contributed by atoms with Gasteiger partial charge in [-0.1, -0.05) is 18.2 Å². The predicted molar refractivity (Wildman–Crippen MR) is 82.7 cm³/mol. The van der Waals surface area contributed by atoms with Gasteiger partial charge >= 0.3 is 0 Å². The summed E-state index contributed by atoms with van der Waals surface area (Å²) in [6.07, 6.45) is 4.02. The molecule has 0 saturated carbocycles. The molecule has 0 radical (unpaired) electrons. The van der Waals surface area contributed by atoms with E-state index in [0.29, 0.717) is 12.3 Å². The zero-order chi connectivity index (χ0) is 14.2. The molecule has 4 heteroatoms. The highest BCUT2D eigenvalue weighted by molar-refractivity contribution is 5.91. The molecule has 0 spiro atoms. The van der Waals surface area contributed by atoms with E-state index in [1.807, 2.05) is 31.3 Å². The molecule has 0 atom stereocenters. The van der Waals surface area contributed by atoms with E-state index in [1.54, 1.807) is 0 Å². The van der Waals surface area contributed by atoms with Gasteiger partial charge in [0, 0.05) is 18.7 Å². The monoisotopic (exact) mass is 275 g/mol. The van der Waals surface area contributed by atoms with Crippen LogP contribution in [0.3, 0.4) is 0 Å². The first-order chi connectivity index (χ1) is 9.79. The van der Waals surface area contributed by atoms with Crippen LogP contribution in [0, 0.1) is 5.92 Å². The minimum absolute atomic E-state index is 0.132. The lowest BCUT2D eigenvalue weighted by Crippen LogP contribution is -2.28. The van der Waals surface area contributed by atoms with Crippen LogP contribution >= 0.6 is 0 Å². The lowest BCUT2D eigenvalue weighted by molar-refractivity contribution is -0.116. The van der Waals surface area contributed by atoms with E-state index >= 15 is 0 Å². The molecule has 1 aliphatic rings. The number of carbonyl (C=O) groups excluding carboxylic acids is 1. The lowest BCUT2D eigenvalue weighted by Gasteiger charge is -2.22. The fraction of sp³-hybridized carbons (Fsp3) is 0.562. The van der Waals surface area contributed by atoms with Crippen molar-refractivity contribution in [2.24, 2.45) is 5.92 Å². The Labute approximate surface area is 121 Å². The minimum atomic E-state index is 0.132. The molecule has 1 aromatic rings. The van der Waals surface area contributed by atoms with Gasteiger partial charge in [-0.25, -0.2) is 0 Å². The van der Waals surface area contributed by atoms with Gasteiger partial charge in [0.2, 0.25) is 5.91 Å². The average molecular weight is 275 g/mol. The number of hydrogen-bond acceptors (Lipinski definition) is 3. The number of rotatable bonds is 6. The molecule has 0 unspecified atom stereocenters. The molecular formula is C16H25N3O. The van der Waals surface area contributed by atoms with Crippen molar-refractivity contribution in [2.45, 2.75) is 32.2 Å². The van der Waals surface area contributed by atoms with E-state index < -0.39 is 0 Å². The van der Waals surface area contributed by atoms with Gasteiger partial charge < -0.3 is 16.0 Å². The maximum atomic E-state index is 12.1. The van der Waals surface area contributed by atoms with Gasteiger partial charge in [0.1, 0.15) is 0 Å². The number of benzene rings is 1. The smallest absolute Gasteiger partial charge is 0.224 e. The fourth-order valence-electron chi connectivity index (χ4n) is 2.71. The van der Waals surface area contributed by atoms with Crippen molar-refractivity contribution >= 4 is 11.6 Å². The number of hydrogen-bond donors (Lipinski definition) is 3. The third-order valence-corrected chi connectivity index (χ3v) is 3.90. The summed E-state index contributed by atoms with van der Waals surface area (Å²) in [6.45, 7) is 2.96. The van der Waals surface area contributed by atoms with E-state index in [4.69, 9.17) is 0 Å². The second-order valence-electron chi connectivity index (χ2n) is 5.47. The highest BCUT2D eigenvalue weighted by Gasteiger charge is 2.14. The van der Waals surface area contributed by atoms with E-state index in [2.05, 4.69) is 16.0 Å². The molecule has 2 rings (SSSR count). The molecule has 1 aromatic carbocycles. The number of carbonyl (C=O) groups is 1. The summed E-state index contributed by atoms with van der Waals surface area (Å²) in [6, 6.07) is 7.97. The molecule has 4 nitrogen and oxygen atoms in total. The van der Waals surface area contributed by atoms with Gasteiger partial charge in [0.25, 0.3) is 0 Å². The second kappa shape index (κ2) is 8.02. The van der Waals surface area contributed by atoms with E-state index in [-0.39, 0.29) is 5.91 Å². The lowest BCUT2D eigenvalue weighted by atomic mass is 9.93. The van der Waals surface area contributed by atoms with Gasteiger partial charge in [0.15, 0.2) is 0 Å². The van der Waals surface area contributed by atoms with Crippen LogP contribution in [0.1, 0.15) is 31.2 Å². The highest BCUT2D eigenvalue weighted by Crippen LogP contribution is 2.19. The van der Waals surface area contributed by atoms with Crippen molar-refractivity contribution in [1.29, 1.82) is 0 Å². The first kappa shape index (κ1) is 15.0. The van der Waals surface area contributed by atoms with Crippen LogP contribution in [0.2, 0.25) is 0 Å². The normalized spacial score (nSPS) is 16.1. The summed E-state index contributed by atoms with van der Waals surface area (Å²) in [5, 5.41) is 9.52. The first-order valence-corrected chi connectivity index (χ1v) is 7.52. The van der Waals surface area contributed by atoms with Gasteiger partial charge in [-0.05, 0) is 56.9 Å². The molecule has 1 fully saturated rings. The maximum absolute atomic E-state index is 12.1. The van der Waals surface area contributed by atoms with Crippen LogP contribution in [0.25, 0.3) is 0 Å². The highest BCUT2D eigenvalue weighted by atomic mass is 16.1. The minimum Gasteiger partial charge on any atom is -0.326 e. The van der Waals surface area contributed by atoms with Crippen molar-refractivity contribution < 1.29 is 4.79 Å². The van der Waals surface area contributed by atoms with Crippen molar-refractivity contribution in [1.82, 2.24) is 10.6 Å². The molecular weight excluding hydrogens is 250 g/mol. The van der Waals surface area contributed by atoms with Crippen molar-refractivity contribution in [3.8, 4) is 0 Å². The van der Waals surface area contributed by atoms with Crippen LogP contribution in [0.5, 0.6) is 0 Å². The molecule has 0 aliphatic carbocycles. The van der Waals surface area contributed by atoms with Gasteiger partial charge in [-0.15, -0.1) is 0 Å². The van der Waals surface area contributed by atoms with Gasteiger partial charge in [-0.3, -0.25) is 4.79 Å². The van der Waals surface area contributed by atoms with Crippen molar-refractivity contribution in [2.75, 3.05) is 25.5 Å². The topological polar surface area (TPSA) is 53.2 Å². The Kier molecular flexibility index (Phi) is 6.02. The Morgan fingerprint density at radius 1 is 1.30 bits per heavy atom. The molecule has 0 aromatic heterocycles. The standard InChI is InChI=1S/C16H25N3O/c1-17-12-14-4-2-3-5-15(14)19-16(20)7-6-13-8-10-18-11-9-13/h2-5,13,17-18H,6-12H2,1H3,(H,19,20). The third kappa shape index (κ3) is 4.62. The molecule has 0 bridgehead atoms. The third-order valence-electron chi connectivity index (χ3n) is 3.90. The summed E-state index contributed by atoms with van der Waals surface area (Å²) in [5.74, 6) is 0.835. The summed E-state index contributed by atoms with van der Waals surface area (Å²) < 4.78 is 0. The zero-order valence-electron chi connectivity index (χ0n) is 12.2. The van der Waals surface area contributed by atoms with E-state index in [1.165, 1.54) is 12.8 Å². The first-order valence-electron chi connectivity index (χ1n) is 7.52. The summed E-state index contributed by atoms with van der Waals surface area (Å²) in [4.78, 5) is 12.1. The van der Waals surface area contributed by atoms with E-state index in [0.717, 1.165) is 37.3 Å². The molecule has 20 heavy (non-hydrogen) atoms. The molecule has 3 N–H and O–H groups in total.